The van der Waals surface area contributed by atoms with Gasteiger partial charge in [-0.3, -0.25) is 4.79 Å². The summed E-state index contributed by atoms with van der Waals surface area (Å²) in [4.78, 5) is 11.6. The molecule has 0 spiro atoms. The number of halogens is 4. The number of benzene rings is 1. The van der Waals surface area contributed by atoms with E-state index >= 15 is 0 Å². The zero-order chi connectivity index (χ0) is 14.6. The van der Waals surface area contributed by atoms with Gasteiger partial charge < -0.3 is 11.1 Å². The van der Waals surface area contributed by atoms with Crippen molar-refractivity contribution in [3.8, 4) is 0 Å². The molecule has 0 aliphatic rings. The minimum absolute atomic E-state index is 0.00627. The average molecular weight is 295 g/mol. The summed E-state index contributed by atoms with van der Waals surface area (Å²) in [5.41, 5.74) is 4.68. The highest BCUT2D eigenvalue weighted by Gasteiger charge is 2.30. The smallest absolute Gasteiger partial charge is 0.330 e. The lowest BCUT2D eigenvalue weighted by atomic mass is 10.1. The molecule has 1 aromatic rings. The van der Waals surface area contributed by atoms with Crippen LogP contribution in [0.25, 0.3) is 0 Å². The fraction of sp³-hybridized carbons (Fsp3) is 0.417. The number of alkyl halides is 3. The molecule has 1 rings (SSSR count). The van der Waals surface area contributed by atoms with Crippen molar-refractivity contribution in [1.29, 1.82) is 0 Å². The van der Waals surface area contributed by atoms with Crippen LogP contribution < -0.4 is 11.1 Å². The first-order valence-corrected chi connectivity index (χ1v) is 5.98. The lowest BCUT2D eigenvalue weighted by molar-refractivity contribution is -0.137. The summed E-state index contributed by atoms with van der Waals surface area (Å²) in [7, 11) is 0. The van der Waals surface area contributed by atoms with Gasteiger partial charge >= 0.3 is 6.18 Å². The Morgan fingerprint density at radius 3 is 2.58 bits per heavy atom. The van der Waals surface area contributed by atoms with Crippen molar-refractivity contribution in [3.05, 3.63) is 28.8 Å². The number of hydrogen-bond donors (Lipinski definition) is 2. The van der Waals surface area contributed by atoms with Crippen molar-refractivity contribution in [2.24, 2.45) is 11.7 Å². The number of anilines is 1. The third-order valence-corrected chi connectivity index (χ3v) is 2.82. The van der Waals surface area contributed by atoms with Crippen LogP contribution in [0.5, 0.6) is 0 Å². The molecule has 0 aliphatic heterocycles. The van der Waals surface area contributed by atoms with E-state index in [0.29, 0.717) is 6.54 Å². The highest BCUT2D eigenvalue weighted by atomic mass is 35.5. The molecule has 7 heteroatoms. The van der Waals surface area contributed by atoms with Gasteiger partial charge in [-0.2, -0.15) is 13.2 Å². The molecular formula is C12H14ClF3N2O. The van der Waals surface area contributed by atoms with Crippen LogP contribution in [0, 0.1) is 5.92 Å². The van der Waals surface area contributed by atoms with Crippen LogP contribution >= 0.6 is 11.6 Å². The first-order valence-electron chi connectivity index (χ1n) is 5.60. The molecule has 0 saturated heterocycles. The lowest BCUT2D eigenvalue weighted by Crippen LogP contribution is -2.20. The second-order valence-corrected chi connectivity index (χ2v) is 4.69. The van der Waals surface area contributed by atoms with Crippen LogP contribution in [-0.2, 0) is 11.0 Å². The van der Waals surface area contributed by atoms with Gasteiger partial charge in [0.25, 0.3) is 0 Å². The van der Waals surface area contributed by atoms with Crippen LogP contribution in [0.3, 0.4) is 0 Å². The van der Waals surface area contributed by atoms with E-state index in [1.54, 1.807) is 6.92 Å². The number of nitrogens with two attached hydrogens (primary N) is 1. The predicted molar refractivity (Wildman–Crippen MR) is 67.9 cm³/mol. The Hall–Kier alpha value is -1.27. The summed E-state index contributed by atoms with van der Waals surface area (Å²) in [5, 5.41) is 2.31. The number of carbonyl (C=O) groups is 1. The van der Waals surface area contributed by atoms with Gasteiger partial charge in [-0.05, 0) is 30.7 Å². The first kappa shape index (κ1) is 15.8. The molecule has 1 aromatic carbocycles. The summed E-state index contributed by atoms with van der Waals surface area (Å²) in [5.74, 6) is -0.340. The standard InChI is InChI=1S/C12H14ClF3N2O/c1-7(6-17)4-11(19)18-10-3-2-8(5-9(10)13)12(14,15)16/h2-3,5,7H,4,6,17H2,1H3,(H,18,19). The van der Waals surface area contributed by atoms with Crippen LogP contribution in [0.4, 0.5) is 18.9 Å². The average Bonchev–Trinajstić information content (AvgIpc) is 2.30. The van der Waals surface area contributed by atoms with Crippen LogP contribution in [0.15, 0.2) is 18.2 Å². The zero-order valence-corrected chi connectivity index (χ0v) is 11.0. The molecular weight excluding hydrogens is 281 g/mol. The Balaban J connectivity index is 2.78. The SMILES string of the molecule is CC(CN)CC(=O)Nc1ccc(C(F)(F)F)cc1Cl. The second kappa shape index (κ2) is 6.25. The molecule has 0 aliphatic carbocycles. The Morgan fingerprint density at radius 1 is 1.47 bits per heavy atom. The molecule has 0 heterocycles. The van der Waals surface area contributed by atoms with E-state index < -0.39 is 11.7 Å². The third-order valence-electron chi connectivity index (χ3n) is 2.51. The van der Waals surface area contributed by atoms with Gasteiger partial charge in [0.15, 0.2) is 0 Å². The van der Waals surface area contributed by atoms with Crippen molar-refractivity contribution in [1.82, 2.24) is 0 Å². The van der Waals surface area contributed by atoms with E-state index in [1.807, 2.05) is 0 Å². The number of nitrogens with one attached hydrogen (secondary N) is 1. The fourth-order valence-electron chi connectivity index (χ4n) is 1.39. The topological polar surface area (TPSA) is 55.1 Å². The first-order chi connectivity index (χ1) is 8.74. The van der Waals surface area contributed by atoms with E-state index in [4.69, 9.17) is 17.3 Å². The minimum Gasteiger partial charge on any atom is -0.330 e. The summed E-state index contributed by atoms with van der Waals surface area (Å²) in [6, 6.07) is 2.79. The highest BCUT2D eigenvalue weighted by molar-refractivity contribution is 6.33. The number of rotatable bonds is 4. The summed E-state index contributed by atoms with van der Waals surface area (Å²) in [6.45, 7) is 2.15. The largest absolute Gasteiger partial charge is 0.416 e. The second-order valence-electron chi connectivity index (χ2n) is 4.29. The maximum absolute atomic E-state index is 12.4. The molecule has 1 atom stereocenters. The Kier molecular flexibility index (Phi) is 5.20. The molecule has 3 nitrogen and oxygen atoms in total. The van der Waals surface area contributed by atoms with Crippen LogP contribution in [-0.4, -0.2) is 12.5 Å². The summed E-state index contributed by atoms with van der Waals surface area (Å²) >= 11 is 5.71. The molecule has 0 aromatic heterocycles. The van der Waals surface area contributed by atoms with Crippen LogP contribution in [0.1, 0.15) is 18.9 Å². The number of hydrogen-bond acceptors (Lipinski definition) is 2. The van der Waals surface area contributed by atoms with Gasteiger partial charge in [0.2, 0.25) is 5.91 Å². The van der Waals surface area contributed by atoms with Gasteiger partial charge in [0.1, 0.15) is 0 Å². The highest BCUT2D eigenvalue weighted by Crippen LogP contribution is 2.33. The van der Waals surface area contributed by atoms with Gasteiger partial charge in [0.05, 0.1) is 16.3 Å². The maximum Gasteiger partial charge on any atom is 0.416 e. The van der Waals surface area contributed by atoms with Gasteiger partial charge in [-0.15, -0.1) is 0 Å². The van der Waals surface area contributed by atoms with Gasteiger partial charge in [-0.25, -0.2) is 0 Å². The minimum atomic E-state index is -4.46. The normalized spacial score (nSPS) is 13.2. The summed E-state index contributed by atoms with van der Waals surface area (Å²) < 4.78 is 37.3. The quantitative estimate of drug-likeness (QED) is 0.895. The third kappa shape index (κ3) is 4.72. The lowest BCUT2D eigenvalue weighted by Gasteiger charge is -2.12. The van der Waals surface area contributed by atoms with Gasteiger partial charge in [0, 0.05) is 6.42 Å². The maximum atomic E-state index is 12.4. The fourth-order valence-corrected chi connectivity index (χ4v) is 1.62. The Labute approximate surface area is 113 Å². The molecule has 19 heavy (non-hydrogen) atoms. The van der Waals surface area contributed by atoms with E-state index in [1.165, 1.54) is 0 Å². The molecule has 0 bridgehead atoms. The van der Waals surface area contributed by atoms with Gasteiger partial charge in [-0.1, -0.05) is 18.5 Å². The van der Waals surface area contributed by atoms with E-state index in [-0.39, 0.29) is 29.0 Å². The molecule has 0 saturated carbocycles. The summed E-state index contributed by atoms with van der Waals surface area (Å²) in [6.07, 6.45) is -4.27. The van der Waals surface area contributed by atoms with Crippen LogP contribution in [0.2, 0.25) is 5.02 Å². The zero-order valence-electron chi connectivity index (χ0n) is 10.2. The van der Waals surface area contributed by atoms with Crippen molar-refractivity contribution in [3.63, 3.8) is 0 Å². The van der Waals surface area contributed by atoms with Crippen molar-refractivity contribution < 1.29 is 18.0 Å². The molecule has 1 unspecified atom stereocenters. The predicted octanol–water partition coefficient (Wildman–Crippen LogP) is 3.28. The monoisotopic (exact) mass is 294 g/mol. The van der Waals surface area contributed by atoms with E-state index in [0.717, 1.165) is 18.2 Å². The molecule has 0 fully saturated rings. The number of amides is 1. The molecule has 3 N–H and O–H groups in total. The van der Waals surface area contributed by atoms with Crippen molar-refractivity contribution in [2.45, 2.75) is 19.5 Å². The van der Waals surface area contributed by atoms with Crippen molar-refractivity contribution >= 4 is 23.2 Å². The molecule has 1 amide bonds. The van der Waals surface area contributed by atoms with E-state index in [2.05, 4.69) is 5.32 Å². The number of carbonyl (C=O) groups excluding carboxylic acids is 1. The van der Waals surface area contributed by atoms with Crippen molar-refractivity contribution in [2.75, 3.05) is 11.9 Å². The molecule has 106 valence electrons. The van der Waals surface area contributed by atoms with E-state index in [9.17, 15) is 18.0 Å². The Bertz CT molecular complexity index is 463. The molecule has 0 radical (unpaired) electrons. The Morgan fingerprint density at radius 2 is 2.11 bits per heavy atom.